The molecule has 2 aromatic carbocycles. The summed E-state index contributed by atoms with van der Waals surface area (Å²) >= 11 is 0. The van der Waals surface area contributed by atoms with Gasteiger partial charge in [0.05, 0.1) is 13.1 Å². The predicted molar refractivity (Wildman–Crippen MR) is 131 cm³/mol. The molecule has 0 aromatic heterocycles. The van der Waals surface area contributed by atoms with Gasteiger partial charge in [-0.1, -0.05) is 30.3 Å². The molecule has 0 fully saturated rings. The summed E-state index contributed by atoms with van der Waals surface area (Å²) in [5, 5.41) is 2.40. The van der Waals surface area contributed by atoms with E-state index in [9.17, 15) is 18.8 Å². The number of nitrogens with zero attached hydrogens (tertiary/aromatic N) is 2. The van der Waals surface area contributed by atoms with Gasteiger partial charge in [0, 0.05) is 5.69 Å². The molecule has 0 heterocycles. The van der Waals surface area contributed by atoms with Crippen molar-refractivity contribution in [3.8, 4) is 0 Å². The highest BCUT2D eigenvalue weighted by Gasteiger charge is 2.32. The Morgan fingerprint density at radius 2 is 1.53 bits per heavy atom. The van der Waals surface area contributed by atoms with Gasteiger partial charge in [-0.25, -0.2) is 28.5 Å². The Bertz CT molecular complexity index is 1120. The highest BCUT2D eigenvalue weighted by molar-refractivity contribution is 5.89. The van der Waals surface area contributed by atoms with Gasteiger partial charge in [-0.15, -0.1) is 0 Å². The number of rotatable bonds is 5. The topological polar surface area (TPSA) is 98.5 Å². The largest absolute Gasteiger partial charge is 0.444 e. The molecule has 0 saturated carbocycles. The molecule has 9 nitrogen and oxygen atoms in total. The van der Waals surface area contributed by atoms with Gasteiger partial charge in [0.2, 0.25) is 5.69 Å². The molecule has 0 saturated heterocycles. The smallest absolute Gasteiger partial charge is 0.420 e. The number of carbonyl (C=O) groups is 3. The number of amides is 3. The first-order valence-electron chi connectivity index (χ1n) is 11.1. The first-order chi connectivity index (χ1) is 16.7. The minimum absolute atomic E-state index is 0.00673. The molecule has 0 spiro atoms. The van der Waals surface area contributed by atoms with Crippen LogP contribution in [-0.2, 0) is 27.4 Å². The maximum Gasteiger partial charge on any atom is 0.420 e. The number of ether oxygens (including phenoxy) is 3. The molecule has 0 aliphatic carbocycles. The number of hydrogen-bond acceptors (Lipinski definition) is 6. The molecule has 0 unspecified atom stereocenters. The van der Waals surface area contributed by atoms with E-state index in [1.165, 1.54) is 6.07 Å². The van der Waals surface area contributed by atoms with Crippen LogP contribution in [-0.4, -0.2) is 34.4 Å². The highest BCUT2D eigenvalue weighted by atomic mass is 19.1. The molecule has 192 valence electrons. The Hall–Kier alpha value is -4.13. The molecule has 1 N–H and O–H groups in total. The van der Waals surface area contributed by atoms with Crippen molar-refractivity contribution in [2.45, 2.75) is 65.9 Å². The maximum atomic E-state index is 14.8. The molecule has 0 bridgehead atoms. The summed E-state index contributed by atoms with van der Waals surface area (Å²) in [5.74, 6) is -0.950. The molecule has 0 radical (unpaired) electrons. The molecule has 2 aromatic rings. The minimum Gasteiger partial charge on any atom is -0.444 e. The Kier molecular flexibility index (Phi) is 9.00. The molecule has 3 amide bonds. The second kappa shape index (κ2) is 11.5. The normalized spacial score (nSPS) is 11.2. The number of carbonyl (C=O) groups excluding carboxylic acids is 3. The SMILES string of the molecule is [C-]#[N+]c1c(F)cc(NC(=O)OCc2ccccc2)cc1CN(C(=O)OC(C)(C)C)C(=O)OC(C)(C)C. The lowest BCUT2D eigenvalue weighted by atomic mass is 10.1. The zero-order valence-corrected chi connectivity index (χ0v) is 21.2. The average molecular weight is 500 g/mol. The third-order valence-corrected chi connectivity index (χ3v) is 4.27. The first kappa shape index (κ1) is 28.1. The van der Waals surface area contributed by atoms with E-state index in [0.717, 1.165) is 11.6 Å². The van der Waals surface area contributed by atoms with Crippen LogP contribution in [0.1, 0.15) is 52.7 Å². The van der Waals surface area contributed by atoms with E-state index < -0.39 is 47.5 Å². The molecule has 36 heavy (non-hydrogen) atoms. The average Bonchev–Trinajstić information content (AvgIpc) is 2.74. The maximum absolute atomic E-state index is 14.8. The number of hydrogen-bond donors (Lipinski definition) is 1. The zero-order valence-electron chi connectivity index (χ0n) is 21.2. The molecule has 0 aliphatic rings. The second-order valence-electron chi connectivity index (χ2n) is 9.81. The molecule has 10 heteroatoms. The fourth-order valence-electron chi connectivity index (χ4n) is 2.86. The van der Waals surface area contributed by atoms with E-state index in [2.05, 4.69) is 10.2 Å². The van der Waals surface area contributed by atoms with E-state index in [1.807, 2.05) is 6.07 Å². The second-order valence-corrected chi connectivity index (χ2v) is 9.81. The van der Waals surface area contributed by atoms with E-state index in [0.29, 0.717) is 4.90 Å². The third-order valence-electron chi connectivity index (χ3n) is 4.27. The predicted octanol–water partition coefficient (Wildman–Crippen LogP) is 6.80. The summed E-state index contributed by atoms with van der Waals surface area (Å²) in [4.78, 5) is 41.7. The van der Waals surface area contributed by atoms with E-state index in [4.69, 9.17) is 20.8 Å². The summed E-state index contributed by atoms with van der Waals surface area (Å²) in [6.07, 6.45) is -2.92. The van der Waals surface area contributed by atoms with Crippen LogP contribution in [0.3, 0.4) is 0 Å². The van der Waals surface area contributed by atoms with Crippen LogP contribution in [0.4, 0.5) is 30.1 Å². The van der Waals surface area contributed by atoms with Gasteiger partial charge in [0.15, 0.2) is 0 Å². The number of imide groups is 1. The fraction of sp³-hybridized carbons (Fsp3) is 0.385. The van der Waals surface area contributed by atoms with E-state index >= 15 is 0 Å². The number of benzene rings is 2. The van der Waals surface area contributed by atoms with Gasteiger partial charge in [-0.3, -0.25) is 5.32 Å². The molecule has 0 aliphatic heterocycles. The van der Waals surface area contributed by atoms with Crippen molar-refractivity contribution in [1.82, 2.24) is 4.90 Å². The summed E-state index contributed by atoms with van der Waals surface area (Å²) in [7, 11) is 0. The summed E-state index contributed by atoms with van der Waals surface area (Å²) in [5.41, 5.74) is -1.60. The van der Waals surface area contributed by atoms with Gasteiger partial charge in [-0.2, -0.15) is 0 Å². The summed E-state index contributed by atoms with van der Waals surface area (Å²) < 4.78 is 30.5. The van der Waals surface area contributed by atoms with Crippen molar-refractivity contribution in [1.29, 1.82) is 0 Å². The van der Waals surface area contributed by atoms with Gasteiger partial charge in [0.25, 0.3) is 0 Å². The van der Waals surface area contributed by atoms with Gasteiger partial charge >= 0.3 is 18.3 Å². The van der Waals surface area contributed by atoms with E-state index in [-0.39, 0.29) is 17.9 Å². The Morgan fingerprint density at radius 1 is 0.972 bits per heavy atom. The third kappa shape index (κ3) is 8.91. The van der Waals surface area contributed by atoms with Crippen LogP contribution < -0.4 is 5.32 Å². The number of anilines is 1. The molecular weight excluding hydrogens is 469 g/mol. The van der Waals surface area contributed by atoms with Crippen LogP contribution in [0.5, 0.6) is 0 Å². The highest BCUT2D eigenvalue weighted by Crippen LogP contribution is 2.30. The van der Waals surface area contributed by atoms with Crippen molar-refractivity contribution in [3.05, 3.63) is 70.8 Å². The van der Waals surface area contributed by atoms with Crippen LogP contribution in [0.15, 0.2) is 42.5 Å². The fourth-order valence-corrected chi connectivity index (χ4v) is 2.86. The van der Waals surface area contributed by atoms with Crippen LogP contribution in [0.25, 0.3) is 4.85 Å². The lowest BCUT2D eigenvalue weighted by Gasteiger charge is -2.29. The lowest BCUT2D eigenvalue weighted by Crippen LogP contribution is -2.43. The standard InChI is InChI=1S/C26H30FN3O6/c1-25(2,3)35-23(32)30(24(33)36-26(4,5)6)15-18-13-19(14-20(27)21(18)28-7)29-22(31)34-16-17-11-9-8-10-12-17/h8-14H,15-16H2,1-6H3,(H,29,31). The minimum atomic E-state index is -1.03. The van der Waals surface area contributed by atoms with Crippen molar-refractivity contribution in [2.75, 3.05) is 5.32 Å². The number of nitrogens with one attached hydrogen (secondary N) is 1. The monoisotopic (exact) mass is 499 g/mol. The van der Waals surface area contributed by atoms with Crippen molar-refractivity contribution in [2.24, 2.45) is 0 Å². The van der Waals surface area contributed by atoms with Gasteiger partial charge in [0.1, 0.15) is 23.6 Å². The molecule has 0 atom stereocenters. The Balaban J connectivity index is 2.31. The lowest BCUT2D eigenvalue weighted by molar-refractivity contribution is -0.000232. The Labute approximate surface area is 210 Å². The van der Waals surface area contributed by atoms with Crippen LogP contribution >= 0.6 is 0 Å². The summed E-state index contributed by atoms with van der Waals surface area (Å²) in [6, 6.07) is 11.2. The van der Waals surface area contributed by atoms with Crippen LogP contribution in [0, 0.1) is 12.4 Å². The van der Waals surface area contributed by atoms with Gasteiger partial charge in [-0.05, 0) is 64.8 Å². The van der Waals surface area contributed by atoms with Crippen LogP contribution in [0.2, 0.25) is 0 Å². The van der Waals surface area contributed by atoms with Gasteiger partial charge < -0.3 is 14.2 Å². The summed E-state index contributed by atoms with van der Waals surface area (Å²) in [6.45, 7) is 16.5. The number of halogens is 1. The van der Waals surface area contributed by atoms with Crippen molar-refractivity contribution >= 4 is 29.7 Å². The quantitative estimate of drug-likeness (QED) is 0.359. The first-order valence-corrected chi connectivity index (χ1v) is 11.1. The van der Waals surface area contributed by atoms with Crippen molar-refractivity contribution < 1.29 is 33.0 Å². The Morgan fingerprint density at radius 3 is 2.03 bits per heavy atom. The van der Waals surface area contributed by atoms with Crippen molar-refractivity contribution in [3.63, 3.8) is 0 Å². The zero-order chi connectivity index (χ0) is 27.1. The van der Waals surface area contributed by atoms with E-state index in [1.54, 1.807) is 65.8 Å². The molecular formula is C26H30FN3O6. The molecule has 2 rings (SSSR count).